The van der Waals surface area contributed by atoms with Crippen molar-refractivity contribution >= 4 is 5.91 Å². The summed E-state index contributed by atoms with van der Waals surface area (Å²) in [5.74, 6) is 1.78. The Labute approximate surface area is 134 Å². The number of allylic oxidation sites excluding steroid dienone is 3. The molecule has 3 N–H and O–H groups in total. The van der Waals surface area contributed by atoms with Gasteiger partial charge in [-0.1, -0.05) is 56.4 Å². The molecule has 3 atom stereocenters. The van der Waals surface area contributed by atoms with Gasteiger partial charge < -0.3 is 10.6 Å². The van der Waals surface area contributed by atoms with E-state index in [1.807, 2.05) is 7.05 Å². The van der Waals surface area contributed by atoms with Crippen molar-refractivity contribution in [3.63, 3.8) is 0 Å². The van der Waals surface area contributed by atoms with Crippen LogP contribution in [-0.4, -0.2) is 37.6 Å². The average Bonchev–Trinajstić information content (AvgIpc) is 2.56. The molecule has 2 aliphatic rings. The van der Waals surface area contributed by atoms with E-state index in [9.17, 15) is 4.79 Å². The fourth-order valence-electron chi connectivity index (χ4n) is 3.72. The van der Waals surface area contributed by atoms with Crippen molar-refractivity contribution in [1.29, 1.82) is 0 Å². The van der Waals surface area contributed by atoms with Gasteiger partial charge in [0.15, 0.2) is 0 Å². The molecule has 1 saturated carbocycles. The number of nitrogens with one attached hydrogen (secondary N) is 1. The zero-order valence-electron chi connectivity index (χ0n) is 14.0. The van der Waals surface area contributed by atoms with E-state index in [2.05, 4.69) is 29.6 Å². The predicted octanol–water partition coefficient (Wildman–Crippen LogP) is 2.28. The van der Waals surface area contributed by atoms with Gasteiger partial charge in [0, 0.05) is 19.5 Å². The number of nitrogens with two attached hydrogens (primary N) is 1. The number of amides is 1. The fourth-order valence-corrected chi connectivity index (χ4v) is 3.72. The molecule has 2 aliphatic carbocycles. The molecule has 1 fully saturated rings. The van der Waals surface area contributed by atoms with Crippen LogP contribution in [0.4, 0.5) is 0 Å². The predicted molar refractivity (Wildman–Crippen MR) is 91.1 cm³/mol. The first-order valence-corrected chi connectivity index (χ1v) is 8.64. The van der Waals surface area contributed by atoms with Crippen molar-refractivity contribution in [3.8, 4) is 0 Å². The Hall–Kier alpha value is -1.13. The Morgan fingerprint density at radius 1 is 1.23 bits per heavy atom. The van der Waals surface area contributed by atoms with Crippen LogP contribution in [-0.2, 0) is 4.79 Å². The molecule has 0 heterocycles. The minimum atomic E-state index is -0.607. The highest BCUT2D eigenvalue weighted by molar-refractivity contribution is 5.80. The Morgan fingerprint density at radius 3 is 2.50 bits per heavy atom. The fraction of sp³-hybridized carbons (Fsp3) is 0.722. The lowest BCUT2D eigenvalue weighted by molar-refractivity contribution is -0.132. The zero-order valence-corrected chi connectivity index (χ0v) is 14.0. The monoisotopic (exact) mass is 305 g/mol. The van der Waals surface area contributed by atoms with Crippen molar-refractivity contribution in [2.45, 2.75) is 44.7 Å². The lowest BCUT2D eigenvalue weighted by Gasteiger charge is -2.33. The maximum atomic E-state index is 12.1. The third kappa shape index (κ3) is 4.68. The third-order valence-corrected chi connectivity index (χ3v) is 5.15. The summed E-state index contributed by atoms with van der Waals surface area (Å²) < 4.78 is 0. The summed E-state index contributed by atoms with van der Waals surface area (Å²) in [5, 5.41) is 2.81. The van der Waals surface area contributed by atoms with E-state index in [1.54, 1.807) is 11.9 Å². The van der Waals surface area contributed by atoms with Crippen LogP contribution in [0.15, 0.2) is 24.3 Å². The van der Waals surface area contributed by atoms with Crippen molar-refractivity contribution in [1.82, 2.24) is 10.2 Å². The van der Waals surface area contributed by atoms with Crippen LogP contribution < -0.4 is 11.1 Å². The smallest absolute Gasteiger partial charge is 0.254 e. The van der Waals surface area contributed by atoms with Crippen LogP contribution in [0, 0.1) is 17.8 Å². The minimum absolute atomic E-state index is 0.0399. The highest BCUT2D eigenvalue weighted by Crippen LogP contribution is 2.34. The number of hydrogen-bond acceptors (Lipinski definition) is 3. The van der Waals surface area contributed by atoms with Gasteiger partial charge in [0.25, 0.3) is 5.91 Å². The molecule has 1 amide bonds. The SMILES string of the molecule is CNC(N)C(=O)N(C)CC1C=CC=CC1CC1CCCCC1. The average molecular weight is 305 g/mol. The topological polar surface area (TPSA) is 58.4 Å². The van der Waals surface area contributed by atoms with Crippen LogP contribution in [0.2, 0.25) is 0 Å². The van der Waals surface area contributed by atoms with E-state index in [-0.39, 0.29) is 5.91 Å². The second kappa shape index (κ2) is 8.49. The molecular weight excluding hydrogens is 274 g/mol. The zero-order chi connectivity index (χ0) is 15.9. The maximum absolute atomic E-state index is 12.1. The normalized spacial score (nSPS) is 26.9. The molecule has 0 saturated heterocycles. The lowest BCUT2D eigenvalue weighted by Crippen LogP contribution is -2.50. The standard InChI is InChI=1S/C18H31N3O/c1-20-17(19)18(22)21(2)13-16-11-7-6-10-15(16)12-14-8-4-3-5-9-14/h6-7,10-11,14-17,20H,3-5,8-9,12-13,19H2,1-2H3. The van der Waals surface area contributed by atoms with E-state index in [0.717, 1.165) is 12.5 Å². The van der Waals surface area contributed by atoms with E-state index in [4.69, 9.17) is 5.73 Å². The quantitative estimate of drug-likeness (QED) is 0.740. The van der Waals surface area contributed by atoms with Gasteiger partial charge in [0.05, 0.1) is 0 Å². The van der Waals surface area contributed by atoms with Gasteiger partial charge in [-0.15, -0.1) is 0 Å². The molecular formula is C18H31N3O. The van der Waals surface area contributed by atoms with Gasteiger partial charge in [0.2, 0.25) is 0 Å². The Kier molecular flexibility index (Phi) is 6.65. The molecule has 0 bridgehead atoms. The lowest BCUT2D eigenvalue weighted by atomic mass is 9.77. The summed E-state index contributed by atoms with van der Waals surface area (Å²) in [6.45, 7) is 0.742. The summed E-state index contributed by atoms with van der Waals surface area (Å²) in [4.78, 5) is 13.9. The number of likely N-dealkylation sites (N-methyl/N-ethyl adjacent to an activating group) is 2. The molecule has 3 unspecified atom stereocenters. The Bertz CT molecular complexity index is 413. The van der Waals surface area contributed by atoms with Crippen LogP contribution in [0.25, 0.3) is 0 Å². The third-order valence-electron chi connectivity index (χ3n) is 5.15. The summed E-state index contributed by atoms with van der Waals surface area (Å²) in [5.41, 5.74) is 5.77. The number of carbonyl (C=O) groups is 1. The summed E-state index contributed by atoms with van der Waals surface area (Å²) in [6.07, 6.45) is 16.4. The van der Waals surface area contributed by atoms with Gasteiger partial charge in [-0.3, -0.25) is 10.1 Å². The van der Waals surface area contributed by atoms with E-state index in [1.165, 1.54) is 38.5 Å². The second-order valence-corrected chi connectivity index (χ2v) is 6.82. The van der Waals surface area contributed by atoms with Crippen molar-refractivity contribution in [2.75, 3.05) is 20.6 Å². The second-order valence-electron chi connectivity index (χ2n) is 6.82. The molecule has 0 aromatic carbocycles. The molecule has 0 aromatic heterocycles. The molecule has 4 nitrogen and oxygen atoms in total. The molecule has 0 aromatic rings. The maximum Gasteiger partial charge on any atom is 0.254 e. The van der Waals surface area contributed by atoms with Gasteiger partial charge in [-0.05, 0) is 25.3 Å². The van der Waals surface area contributed by atoms with Crippen molar-refractivity contribution in [3.05, 3.63) is 24.3 Å². The molecule has 0 spiro atoms. The van der Waals surface area contributed by atoms with Crippen molar-refractivity contribution in [2.24, 2.45) is 23.5 Å². The van der Waals surface area contributed by atoms with Gasteiger partial charge in [0.1, 0.15) is 6.17 Å². The largest absolute Gasteiger partial charge is 0.343 e. The number of rotatable bonds is 6. The van der Waals surface area contributed by atoms with Gasteiger partial charge >= 0.3 is 0 Å². The highest BCUT2D eigenvalue weighted by Gasteiger charge is 2.26. The highest BCUT2D eigenvalue weighted by atomic mass is 16.2. The molecule has 124 valence electrons. The minimum Gasteiger partial charge on any atom is -0.343 e. The first-order valence-electron chi connectivity index (χ1n) is 8.64. The molecule has 4 heteroatoms. The van der Waals surface area contributed by atoms with E-state index in [0.29, 0.717) is 11.8 Å². The number of carbonyl (C=O) groups excluding carboxylic acids is 1. The summed E-state index contributed by atoms with van der Waals surface area (Å²) >= 11 is 0. The first kappa shape index (κ1) is 17.2. The number of hydrogen-bond donors (Lipinski definition) is 2. The first-order chi connectivity index (χ1) is 10.6. The molecule has 2 rings (SSSR count). The van der Waals surface area contributed by atoms with E-state index >= 15 is 0 Å². The summed E-state index contributed by atoms with van der Waals surface area (Å²) in [6, 6.07) is 0. The van der Waals surface area contributed by atoms with Gasteiger partial charge in [-0.25, -0.2) is 0 Å². The molecule has 0 radical (unpaired) electrons. The molecule has 0 aliphatic heterocycles. The number of nitrogens with zero attached hydrogens (tertiary/aromatic N) is 1. The van der Waals surface area contributed by atoms with Crippen molar-refractivity contribution < 1.29 is 4.79 Å². The molecule has 22 heavy (non-hydrogen) atoms. The van der Waals surface area contributed by atoms with Crippen LogP contribution in [0.1, 0.15) is 38.5 Å². The van der Waals surface area contributed by atoms with Crippen LogP contribution >= 0.6 is 0 Å². The van der Waals surface area contributed by atoms with Crippen LogP contribution in [0.3, 0.4) is 0 Å². The Balaban J connectivity index is 1.90. The van der Waals surface area contributed by atoms with Gasteiger partial charge in [-0.2, -0.15) is 0 Å². The Morgan fingerprint density at radius 2 is 1.86 bits per heavy atom. The van der Waals surface area contributed by atoms with E-state index < -0.39 is 6.17 Å². The van der Waals surface area contributed by atoms with Crippen LogP contribution in [0.5, 0.6) is 0 Å². The summed E-state index contributed by atoms with van der Waals surface area (Å²) in [7, 11) is 3.56.